The topological polar surface area (TPSA) is 152 Å². The summed E-state index contributed by atoms with van der Waals surface area (Å²) in [6.07, 6.45) is 8.83. The standard InChI is InChI=1S/C26H30O12/c1-7-8-9-10-16-31-32-19(2)13-15-26(5,6)21-18-22(27)20(17-23(21)28)25(3,4)14-11-12-24(29)33-35-37-38-36-34-30/h1,17-18,27-28,30H,2,11-15H2,3-6H3. The first-order valence-corrected chi connectivity index (χ1v) is 11.2. The van der Waals surface area contributed by atoms with Crippen LogP contribution in [0.1, 0.15) is 70.9 Å². The van der Waals surface area contributed by atoms with Gasteiger partial charge in [0.1, 0.15) is 17.3 Å². The first-order valence-electron chi connectivity index (χ1n) is 11.2. The largest absolute Gasteiger partial charge is 0.508 e. The Labute approximate surface area is 220 Å². The lowest BCUT2D eigenvalue weighted by atomic mass is 9.75. The summed E-state index contributed by atoms with van der Waals surface area (Å²) in [6.45, 7) is 11.3. The fourth-order valence-electron chi connectivity index (χ4n) is 3.42. The lowest BCUT2D eigenvalue weighted by molar-refractivity contribution is -0.782. The van der Waals surface area contributed by atoms with E-state index in [2.05, 4.69) is 66.4 Å². The maximum absolute atomic E-state index is 11.7. The predicted octanol–water partition coefficient (Wildman–Crippen LogP) is 4.34. The van der Waals surface area contributed by atoms with Gasteiger partial charge in [-0.05, 0) is 64.1 Å². The fourth-order valence-corrected chi connectivity index (χ4v) is 3.42. The van der Waals surface area contributed by atoms with Crippen molar-refractivity contribution < 1.29 is 60.1 Å². The molecule has 38 heavy (non-hydrogen) atoms. The molecule has 12 heteroatoms. The van der Waals surface area contributed by atoms with Crippen molar-refractivity contribution in [1.82, 2.24) is 0 Å². The molecular formula is C26H30O12. The van der Waals surface area contributed by atoms with Crippen LogP contribution in [0.2, 0.25) is 0 Å². The van der Waals surface area contributed by atoms with Gasteiger partial charge in [-0.15, -0.1) is 6.42 Å². The second-order valence-corrected chi connectivity index (χ2v) is 9.14. The molecule has 1 aromatic rings. The monoisotopic (exact) mass is 534 g/mol. The molecule has 0 saturated carbocycles. The van der Waals surface area contributed by atoms with Gasteiger partial charge < -0.3 is 10.2 Å². The molecule has 0 amide bonds. The van der Waals surface area contributed by atoms with Gasteiger partial charge in [0.15, 0.2) is 6.11 Å². The molecule has 0 atom stereocenters. The number of benzene rings is 1. The van der Waals surface area contributed by atoms with Crippen LogP contribution in [0.3, 0.4) is 0 Å². The molecule has 0 aromatic heterocycles. The van der Waals surface area contributed by atoms with E-state index in [0.717, 1.165) is 0 Å². The molecule has 0 aliphatic carbocycles. The molecule has 0 unspecified atom stereocenters. The number of hydrogen-bond acceptors (Lipinski definition) is 12. The molecular weight excluding hydrogens is 504 g/mol. The molecule has 1 rings (SSSR count). The highest BCUT2D eigenvalue weighted by Gasteiger charge is 2.30. The van der Waals surface area contributed by atoms with Crippen molar-refractivity contribution >= 4 is 5.97 Å². The fraction of sp³-hybridized carbons (Fsp3) is 0.423. The molecule has 0 bridgehead atoms. The number of rotatable bonds is 16. The average Bonchev–Trinajstić information content (AvgIpc) is 2.85. The molecule has 0 spiro atoms. The highest BCUT2D eigenvalue weighted by molar-refractivity contribution is 5.68. The van der Waals surface area contributed by atoms with Crippen molar-refractivity contribution in [2.45, 2.75) is 70.6 Å². The van der Waals surface area contributed by atoms with Crippen LogP contribution < -0.4 is 0 Å². The molecule has 0 saturated heterocycles. The molecule has 206 valence electrons. The maximum Gasteiger partial charge on any atom is 0.345 e. The smallest absolute Gasteiger partial charge is 0.345 e. The molecule has 1 aromatic carbocycles. The van der Waals surface area contributed by atoms with Crippen molar-refractivity contribution in [3.63, 3.8) is 0 Å². The Kier molecular flexibility index (Phi) is 13.5. The van der Waals surface area contributed by atoms with Crippen molar-refractivity contribution in [3.8, 4) is 47.7 Å². The van der Waals surface area contributed by atoms with E-state index in [0.29, 0.717) is 42.6 Å². The first-order chi connectivity index (χ1) is 17.9. The highest BCUT2D eigenvalue weighted by atomic mass is 17.9. The van der Waals surface area contributed by atoms with Gasteiger partial charge in [0.2, 0.25) is 0 Å². The summed E-state index contributed by atoms with van der Waals surface area (Å²) >= 11 is 0. The van der Waals surface area contributed by atoms with Crippen LogP contribution in [0.4, 0.5) is 0 Å². The minimum absolute atomic E-state index is 0.000184. The SMILES string of the molecule is C#CC#CC#COOC(=C)CCC(C)(C)c1cc(O)c(C(C)(C)CCCC(=O)OOOOOOO)cc1O. The summed E-state index contributed by atoms with van der Waals surface area (Å²) in [6, 6.07) is 3.04. The zero-order valence-electron chi connectivity index (χ0n) is 21.5. The van der Waals surface area contributed by atoms with E-state index in [1.807, 2.05) is 27.7 Å². The second-order valence-electron chi connectivity index (χ2n) is 9.14. The summed E-state index contributed by atoms with van der Waals surface area (Å²) in [5.41, 5.74) is -0.136. The lowest BCUT2D eigenvalue weighted by Crippen LogP contribution is -2.21. The minimum atomic E-state index is -0.779. The van der Waals surface area contributed by atoms with Gasteiger partial charge in [0.25, 0.3) is 0 Å². The number of allylic oxidation sites excluding steroid dienone is 1. The summed E-state index contributed by atoms with van der Waals surface area (Å²) in [5.74, 6) is 8.67. The quantitative estimate of drug-likeness (QED) is 0.0691. The zero-order chi connectivity index (χ0) is 28.6. The summed E-state index contributed by atoms with van der Waals surface area (Å²) < 4.78 is 0. The van der Waals surface area contributed by atoms with Gasteiger partial charge in [0, 0.05) is 50.9 Å². The Hall–Kier alpha value is -3.93. The third kappa shape index (κ3) is 11.4. The second kappa shape index (κ2) is 16.0. The van der Waals surface area contributed by atoms with Gasteiger partial charge in [-0.1, -0.05) is 34.3 Å². The summed E-state index contributed by atoms with van der Waals surface area (Å²) in [4.78, 5) is 25.6. The third-order valence-electron chi connectivity index (χ3n) is 5.47. The lowest BCUT2D eigenvalue weighted by Gasteiger charge is -2.30. The van der Waals surface area contributed by atoms with E-state index >= 15 is 0 Å². The normalized spacial score (nSPS) is 10.7. The third-order valence-corrected chi connectivity index (χ3v) is 5.47. The summed E-state index contributed by atoms with van der Waals surface area (Å²) in [7, 11) is 0. The van der Waals surface area contributed by atoms with E-state index in [1.165, 1.54) is 12.1 Å². The number of hydrogen-bond donors (Lipinski definition) is 3. The van der Waals surface area contributed by atoms with Crippen LogP contribution >= 0.6 is 0 Å². The average molecular weight is 535 g/mol. The highest BCUT2D eigenvalue weighted by Crippen LogP contribution is 2.43. The van der Waals surface area contributed by atoms with Crippen LogP contribution in [0.15, 0.2) is 24.5 Å². The summed E-state index contributed by atoms with van der Waals surface area (Å²) in [5, 5.41) is 47.2. The molecule has 0 aliphatic heterocycles. The van der Waals surface area contributed by atoms with Crippen molar-refractivity contribution in [3.05, 3.63) is 35.6 Å². The van der Waals surface area contributed by atoms with E-state index in [9.17, 15) is 15.0 Å². The van der Waals surface area contributed by atoms with E-state index in [-0.39, 0.29) is 17.9 Å². The van der Waals surface area contributed by atoms with Gasteiger partial charge in [-0.25, -0.2) is 14.9 Å². The number of aromatic hydroxyl groups is 2. The van der Waals surface area contributed by atoms with Crippen molar-refractivity contribution in [1.29, 1.82) is 0 Å². The molecule has 0 heterocycles. The Bertz CT molecular complexity index is 1110. The van der Waals surface area contributed by atoms with E-state index < -0.39 is 16.8 Å². The van der Waals surface area contributed by atoms with Crippen LogP contribution in [-0.2, 0) is 55.5 Å². The van der Waals surface area contributed by atoms with E-state index in [1.54, 1.807) is 0 Å². The van der Waals surface area contributed by atoms with Crippen LogP contribution in [0, 0.1) is 36.2 Å². The Morgan fingerprint density at radius 3 is 2.11 bits per heavy atom. The van der Waals surface area contributed by atoms with E-state index in [4.69, 9.17) is 21.5 Å². The van der Waals surface area contributed by atoms with Crippen molar-refractivity contribution in [2.24, 2.45) is 0 Å². The number of carbonyl (C=O) groups excluding carboxylic acids is 1. The molecule has 0 aliphatic rings. The maximum atomic E-state index is 11.7. The predicted molar refractivity (Wildman–Crippen MR) is 129 cm³/mol. The van der Waals surface area contributed by atoms with Crippen LogP contribution in [0.5, 0.6) is 11.5 Å². The number of terminal acetylenes is 1. The Balaban J connectivity index is 2.71. The molecule has 0 radical (unpaired) electrons. The van der Waals surface area contributed by atoms with Crippen molar-refractivity contribution in [2.75, 3.05) is 0 Å². The van der Waals surface area contributed by atoms with Crippen LogP contribution in [-0.4, -0.2) is 21.4 Å². The zero-order valence-corrected chi connectivity index (χ0v) is 21.5. The Morgan fingerprint density at radius 2 is 1.50 bits per heavy atom. The first kappa shape index (κ1) is 32.1. The minimum Gasteiger partial charge on any atom is -0.508 e. The number of carbonyl (C=O) groups is 1. The number of phenolic OH excluding ortho intramolecular Hbond substituents is 2. The molecule has 12 nitrogen and oxygen atoms in total. The molecule has 3 N–H and O–H groups in total. The number of phenols is 2. The molecule has 0 fully saturated rings. The van der Waals surface area contributed by atoms with Crippen LogP contribution in [0.25, 0.3) is 0 Å². The van der Waals surface area contributed by atoms with Gasteiger partial charge >= 0.3 is 5.97 Å². The Morgan fingerprint density at radius 1 is 0.895 bits per heavy atom. The van der Waals surface area contributed by atoms with Gasteiger partial charge in [0.05, 0.1) is 0 Å². The van der Waals surface area contributed by atoms with Gasteiger partial charge in [-0.2, -0.15) is 0 Å². The van der Waals surface area contributed by atoms with Gasteiger partial charge in [-0.3, -0.25) is 9.78 Å².